The number of amides is 2. The third kappa shape index (κ3) is 3.74. The molecular weight excluding hydrogens is 427 g/mol. The molecule has 2 N–H and O–H groups in total. The number of methoxy groups -OCH3 is 1. The molecule has 2 aromatic carbocycles. The molecule has 0 spiro atoms. The maximum Gasteiger partial charge on any atom is 0.337 e. The maximum absolute atomic E-state index is 13.2. The summed E-state index contributed by atoms with van der Waals surface area (Å²) in [6.07, 6.45) is 2.25. The van der Waals surface area contributed by atoms with E-state index in [1.165, 1.54) is 7.11 Å². The number of ether oxygens (including phenoxy) is 1. The molecule has 1 aromatic heterocycles. The minimum absolute atomic E-state index is 0.310. The van der Waals surface area contributed by atoms with Crippen LogP contribution in [0.15, 0.2) is 48.8 Å². The summed E-state index contributed by atoms with van der Waals surface area (Å²) in [5.41, 5.74) is 3.35. The van der Waals surface area contributed by atoms with Crippen LogP contribution in [0.4, 0.5) is 10.5 Å². The number of benzene rings is 2. The van der Waals surface area contributed by atoms with Crippen molar-refractivity contribution < 1.29 is 14.3 Å². The van der Waals surface area contributed by atoms with Crippen molar-refractivity contribution in [2.24, 2.45) is 0 Å². The number of carbonyl (C=O) groups is 2. The van der Waals surface area contributed by atoms with E-state index < -0.39 is 12.0 Å². The third-order valence-electron chi connectivity index (χ3n) is 5.02. The summed E-state index contributed by atoms with van der Waals surface area (Å²) < 4.78 is 4.69. The molecule has 1 atom stereocenters. The van der Waals surface area contributed by atoms with Gasteiger partial charge in [-0.1, -0.05) is 35.3 Å². The number of nitrogens with one attached hydrogen (secondary N) is 2. The number of fused-ring (bicyclic) bond motifs is 1. The summed E-state index contributed by atoms with van der Waals surface area (Å²) in [5.74, 6) is -0.439. The standard InChI is InChI=1S/C21H18Cl2N4O3/c1-30-20(28)12-5-7-13(8-6-12)26-21(29)27-10-9-16-18(25-11-24-16)19(27)14-3-2-4-15(22)17(14)23/h2-8,11,19H,9-10H2,1H3,(H,24,25)(H,26,29)/t19-/m0/s1. The highest BCUT2D eigenvalue weighted by Gasteiger charge is 2.35. The first kappa shape index (κ1) is 20.3. The molecule has 1 aliphatic heterocycles. The second kappa shape index (κ2) is 8.38. The van der Waals surface area contributed by atoms with E-state index in [2.05, 4.69) is 15.3 Å². The summed E-state index contributed by atoms with van der Waals surface area (Å²) in [5, 5.41) is 3.68. The van der Waals surface area contributed by atoms with Crippen LogP contribution in [0.25, 0.3) is 0 Å². The van der Waals surface area contributed by atoms with Crippen molar-refractivity contribution in [1.82, 2.24) is 14.9 Å². The van der Waals surface area contributed by atoms with Crippen LogP contribution in [0.2, 0.25) is 10.0 Å². The van der Waals surface area contributed by atoms with Gasteiger partial charge in [-0.05, 0) is 30.3 Å². The number of hydrogen-bond donors (Lipinski definition) is 2. The molecule has 1 aliphatic rings. The molecule has 0 aliphatic carbocycles. The molecule has 2 heterocycles. The van der Waals surface area contributed by atoms with Crippen LogP contribution in [0.1, 0.15) is 33.4 Å². The van der Waals surface area contributed by atoms with Crippen molar-refractivity contribution in [2.45, 2.75) is 12.5 Å². The van der Waals surface area contributed by atoms with Crippen molar-refractivity contribution >= 4 is 40.9 Å². The van der Waals surface area contributed by atoms with Crippen LogP contribution >= 0.6 is 23.2 Å². The first-order valence-corrected chi connectivity index (χ1v) is 9.97. The van der Waals surface area contributed by atoms with E-state index in [-0.39, 0.29) is 6.03 Å². The largest absolute Gasteiger partial charge is 0.465 e. The molecule has 0 unspecified atom stereocenters. The molecule has 4 rings (SSSR count). The van der Waals surface area contributed by atoms with Gasteiger partial charge in [-0.15, -0.1) is 0 Å². The van der Waals surface area contributed by atoms with Crippen molar-refractivity contribution in [2.75, 3.05) is 19.0 Å². The van der Waals surface area contributed by atoms with Gasteiger partial charge in [-0.25, -0.2) is 14.6 Å². The molecule has 0 saturated carbocycles. The van der Waals surface area contributed by atoms with Gasteiger partial charge in [-0.3, -0.25) is 0 Å². The van der Waals surface area contributed by atoms with E-state index in [4.69, 9.17) is 27.9 Å². The van der Waals surface area contributed by atoms with Crippen LogP contribution in [-0.2, 0) is 11.2 Å². The Morgan fingerprint density at radius 1 is 1.20 bits per heavy atom. The van der Waals surface area contributed by atoms with Gasteiger partial charge in [-0.2, -0.15) is 0 Å². The fourth-order valence-electron chi connectivity index (χ4n) is 3.54. The molecule has 0 saturated heterocycles. The monoisotopic (exact) mass is 444 g/mol. The van der Waals surface area contributed by atoms with Crippen LogP contribution < -0.4 is 5.32 Å². The van der Waals surface area contributed by atoms with Crippen molar-refractivity contribution in [3.05, 3.63) is 81.4 Å². The minimum Gasteiger partial charge on any atom is -0.465 e. The lowest BCUT2D eigenvalue weighted by atomic mass is 9.96. The predicted octanol–water partition coefficient (Wildman–Crippen LogP) is 4.68. The average molecular weight is 445 g/mol. The van der Waals surface area contributed by atoms with Crippen LogP contribution in [0.5, 0.6) is 0 Å². The molecule has 9 heteroatoms. The third-order valence-corrected chi connectivity index (χ3v) is 5.85. The zero-order valence-electron chi connectivity index (χ0n) is 16.0. The summed E-state index contributed by atoms with van der Waals surface area (Å²) >= 11 is 12.7. The predicted molar refractivity (Wildman–Crippen MR) is 114 cm³/mol. The quantitative estimate of drug-likeness (QED) is 0.573. The summed E-state index contributed by atoms with van der Waals surface area (Å²) in [4.78, 5) is 34.0. The van der Waals surface area contributed by atoms with Gasteiger partial charge < -0.3 is 19.9 Å². The van der Waals surface area contributed by atoms with Gasteiger partial charge in [0.25, 0.3) is 0 Å². The normalized spacial score (nSPS) is 15.4. The van der Waals surface area contributed by atoms with Gasteiger partial charge in [0.2, 0.25) is 0 Å². The van der Waals surface area contributed by atoms with Gasteiger partial charge in [0.15, 0.2) is 0 Å². The van der Waals surface area contributed by atoms with Crippen molar-refractivity contribution in [3.63, 3.8) is 0 Å². The lowest BCUT2D eigenvalue weighted by Crippen LogP contribution is -2.43. The molecule has 2 amide bonds. The number of aromatic nitrogens is 2. The van der Waals surface area contributed by atoms with E-state index in [1.807, 2.05) is 6.07 Å². The van der Waals surface area contributed by atoms with E-state index in [0.29, 0.717) is 39.8 Å². The number of urea groups is 1. The lowest BCUT2D eigenvalue weighted by Gasteiger charge is -2.35. The lowest BCUT2D eigenvalue weighted by molar-refractivity contribution is 0.0600. The Morgan fingerprint density at radius 3 is 2.70 bits per heavy atom. The topological polar surface area (TPSA) is 87.3 Å². The maximum atomic E-state index is 13.2. The number of H-pyrrole nitrogens is 1. The number of esters is 1. The van der Waals surface area contributed by atoms with Crippen LogP contribution in [0, 0.1) is 0 Å². The molecule has 0 radical (unpaired) electrons. The number of halogens is 2. The number of rotatable bonds is 3. The van der Waals surface area contributed by atoms with Crippen molar-refractivity contribution in [1.29, 1.82) is 0 Å². The van der Waals surface area contributed by atoms with Gasteiger partial charge in [0, 0.05) is 29.9 Å². The summed E-state index contributed by atoms with van der Waals surface area (Å²) in [6.45, 7) is 0.467. The molecule has 7 nitrogen and oxygen atoms in total. The Hall–Kier alpha value is -3.03. The SMILES string of the molecule is COC(=O)c1ccc(NC(=O)N2CCc3[nH]cnc3[C@@H]2c2cccc(Cl)c2Cl)cc1. The number of nitrogens with zero attached hydrogens (tertiary/aromatic N) is 2. The molecule has 154 valence electrons. The number of imidazole rings is 1. The number of anilines is 1. The van der Waals surface area contributed by atoms with Crippen molar-refractivity contribution in [3.8, 4) is 0 Å². The zero-order valence-corrected chi connectivity index (χ0v) is 17.5. The summed E-state index contributed by atoms with van der Waals surface area (Å²) in [6, 6.07) is 11.0. The van der Waals surface area contributed by atoms with Gasteiger partial charge in [0.05, 0.1) is 34.7 Å². The van der Waals surface area contributed by atoms with E-state index in [1.54, 1.807) is 47.6 Å². The van der Waals surface area contributed by atoms with E-state index >= 15 is 0 Å². The van der Waals surface area contributed by atoms with Crippen LogP contribution in [0.3, 0.4) is 0 Å². The smallest absolute Gasteiger partial charge is 0.337 e. The Balaban J connectivity index is 1.64. The Bertz CT molecular complexity index is 1100. The molecule has 0 fully saturated rings. The number of hydrogen-bond acceptors (Lipinski definition) is 4. The highest BCUT2D eigenvalue weighted by molar-refractivity contribution is 6.42. The van der Waals surface area contributed by atoms with Gasteiger partial charge in [0.1, 0.15) is 6.04 Å². The second-order valence-electron chi connectivity index (χ2n) is 6.75. The van der Waals surface area contributed by atoms with Crippen LogP contribution in [-0.4, -0.2) is 40.5 Å². The highest BCUT2D eigenvalue weighted by atomic mass is 35.5. The molecule has 0 bridgehead atoms. The fraction of sp³-hybridized carbons (Fsp3) is 0.190. The van der Waals surface area contributed by atoms with E-state index in [0.717, 1.165) is 11.4 Å². The second-order valence-corrected chi connectivity index (χ2v) is 7.54. The molecular formula is C21H18Cl2N4O3. The highest BCUT2D eigenvalue weighted by Crippen LogP contribution is 2.39. The minimum atomic E-state index is -0.486. The number of aromatic amines is 1. The average Bonchev–Trinajstić information content (AvgIpc) is 3.24. The van der Waals surface area contributed by atoms with E-state index in [9.17, 15) is 9.59 Å². The zero-order chi connectivity index (χ0) is 21.3. The fourth-order valence-corrected chi connectivity index (χ4v) is 3.96. The summed E-state index contributed by atoms with van der Waals surface area (Å²) in [7, 11) is 1.32. The first-order valence-electron chi connectivity index (χ1n) is 9.21. The first-order chi connectivity index (χ1) is 14.5. The Labute approximate surface area is 183 Å². The molecule has 30 heavy (non-hydrogen) atoms. The van der Waals surface area contributed by atoms with Gasteiger partial charge >= 0.3 is 12.0 Å². The molecule has 3 aromatic rings. The Morgan fingerprint density at radius 2 is 1.97 bits per heavy atom. The number of carbonyl (C=O) groups excluding carboxylic acids is 2. The Kier molecular flexibility index (Phi) is 5.65.